The SMILES string of the molecule is CNC(C(=O)C(C)C)C(C(=O)O)C(=O)O. The van der Waals surface area contributed by atoms with Crippen LogP contribution in [0.5, 0.6) is 0 Å². The van der Waals surface area contributed by atoms with Crippen molar-refractivity contribution in [2.45, 2.75) is 19.9 Å². The number of ketones is 1. The third-order valence-corrected chi connectivity index (χ3v) is 2.05. The van der Waals surface area contributed by atoms with Crippen LogP contribution in [-0.2, 0) is 14.4 Å². The summed E-state index contributed by atoms with van der Waals surface area (Å²) in [6, 6.07) is -1.19. The summed E-state index contributed by atoms with van der Waals surface area (Å²) >= 11 is 0. The average molecular weight is 217 g/mol. The lowest BCUT2D eigenvalue weighted by molar-refractivity contribution is -0.158. The Hall–Kier alpha value is -1.43. The second-order valence-corrected chi connectivity index (χ2v) is 3.48. The maximum atomic E-state index is 11.5. The van der Waals surface area contributed by atoms with Gasteiger partial charge in [0, 0.05) is 5.92 Å². The van der Waals surface area contributed by atoms with Gasteiger partial charge in [0.1, 0.15) is 0 Å². The smallest absolute Gasteiger partial charge is 0.319 e. The fourth-order valence-corrected chi connectivity index (χ4v) is 1.22. The molecule has 3 N–H and O–H groups in total. The molecule has 6 heteroatoms. The number of aliphatic carboxylic acids is 2. The highest BCUT2D eigenvalue weighted by Gasteiger charge is 2.39. The normalized spacial score (nSPS) is 12.9. The van der Waals surface area contributed by atoms with Gasteiger partial charge < -0.3 is 15.5 Å². The Morgan fingerprint density at radius 2 is 1.47 bits per heavy atom. The van der Waals surface area contributed by atoms with Crippen molar-refractivity contribution in [2.75, 3.05) is 7.05 Å². The molecule has 0 aromatic rings. The monoisotopic (exact) mass is 217 g/mol. The van der Waals surface area contributed by atoms with E-state index in [4.69, 9.17) is 10.2 Å². The first-order valence-electron chi connectivity index (χ1n) is 4.49. The molecule has 15 heavy (non-hydrogen) atoms. The number of carbonyl (C=O) groups is 3. The van der Waals surface area contributed by atoms with Crippen LogP contribution in [0.1, 0.15) is 13.8 Å². The van der Waals surface area contributed by atoms with Crippen LogP contribution in [0.15, 0.2) is 0 Å². The molecule has 6 nitrogen and oxygen atoms in total. The zero-order valence-electron chi connectivity index (χ0n) is 8.85. The molecule has 0 aliphatic rings. The molecule has 0 radical (unpaired) electrons. The Kier molecular flexibility index (Phi) is 4.93. The number of likely N-dealkylation sites (N-methyl/N-ethyl adjacent to an activating group) is 1. The minimum Gasteiger partial charge on any atom is -0.481 e. The van der Waals surface area contributed by atoms with Gasteiger partial charge in [0.25, 0.3) is 0 Å². The maximum Gasteiger partial charge on any atom is 0.319 e. The van der Waals surface area contributed by atoms with Gasteiger partial charge in [0.15, 0.2) is 11.7 Å². The molecule has 0 bridgehead atoms. The van der Waals surface area contributed by atoms with Crippen molar-refractivity contribution >= 4 is 17.7 Å². The van der Waals surface area contributed by atoms with E-state index >= 15 is 0 Å². The lowest BCUT2D eigenvalue weighted by atomic mass is 9.91. The number of hydrogen-bond donors (Lipinski definition) is 3. The Balaban J connectivity index is 4.99. The summed E-state index contributed by atoms with van der Waals surface area (Å²) in [6.45, 7) is 3.18. The highest BCUT2D eigenvalue weighted by atomic mass is 16.4. The van der Waals surface area contributed by atoms with Crippen LogP contribution in [0, 0.1) is 11.8 Å². The predicted octanol–water partition coefficient (Wildman–Crippen LogP) is -0.415. The molecular formula is C9H15NO5. The van der Waals surface area contributed by atoms with Crippen LogP contribution in [-0.4, -0.2) is 41.0 Å². The van der Waals surface area contributed by atoms with Crippen molar-refractivity contribution in [1.29, 1.82) is 0 Å². The third-order valence-electron chi connectivity index (χ3n) is 2.05. The number of rotatable bonds is 6. The number of Topliss-reactive ketones (excluding diaryl/α,β-unsaturated/α-hetero) is 1. The molecular weight excluding hydrogens is 202 g/mol. The van der Waals surface area contributed by atoms with E-state index in [-0.39, 0.29) is 0 Å². The van der Waals surface area contributed by atoms with Crippen LogP contribution in [0.25, 0.3) is 0 Å². The zero-order valence-corrected chi connectivity index (χ0v) is 8.85. The fourth-order valence-electron chi connectivity index (χ4n) is 1.22. The number of nitrogens with one attached hydrogen (secondary N) is 1. The molecule has 0 aromatic heterocycles. The number of carboxylic acids is 2. The third kappa shape index (κ3) is 3.32. The van der Waals surface area contributed by atoms with Crippen molar-refractivity contribution in [3.05, 3.63) is 0 Å². The minimum absolute atomic E-state index is 0.413. The molecule has 0 heterocycles. The second-order valence-electron chi connectivity index (χ2n) is 3.48. The van der Waals surface area contributed by atoms with E-state index in [1.807, 2.05) is 0 Å². The highest BCUT2D eigenvalue weighted by Crippen LogP contribution is 2.10. The van der Waals surface area contributed by atoms with E-state index in [2.05, 4.69) is 5.32 Å². The largest absolute Gasteiger partial charge is 0.481 e. The Labute approximate surface area is 87.3 Å². The van der Waals surface area contributed by atoms with E-state index in [0.29, 0.717) is 0 Å². The van der Waals surface area contributed by atoms with Gasteiger partial charge in [-0.3, -0.25) is 14.4 Å². The van der Waals surface area contributed by atoms with Gasteiger partial charge in [-0.05, 0) is 7.05 Å². The number of carboxylic acid groups (broad SMARTS) is 2. The molecule has 0 spiro atoms. The number of hydrogen-bond acceptors (Lipinski definition) is 4. The fraction of sp³-hybridized carbons (Fsp3) is 0.667. The summed E-state index contributed by atoms with van der Waals surface area (Å²) in [5.74, 6) is -5.62. The Bertz CT molecular complexity index is 260. The van der Waals surface area contributed by atoms with Gasteiger partial charge in [-0.2, -0.15) is 0 Å². The topological polar surface area (TPSA) is 104 Å². The molecule has 1 atom stereocenters. The average Bonchev–Trinajstić information content (AvgIpc) is 2.10. The van der Waals surface area contributed by atoms with E-state index in [0.717, 1.165) is 0 Å². The van der Waals surface area contributed by atoms with Crippen molar-refractivity contribution < 1.29 is 24.6 Å². The van der Waals surface area contributed by atoms with E-state index in [1.165, 1.54) is 7.05 Å². The van der Waals surface area contributed by atoms with E-state index in [9.17, 15) is 14.4 Å². The van der Waals surface area contributed by atoms with Crippen molar-refractivity contribution in [1.82, 2.24) is 5.32 Å². The zero-order chi connectivity index (χ0) is 12.2. The first-order chi connectivity index (χ1) is 6.82. The van der Waals surface area contributed by atoms with Gasteiger partial charge in [0.2, 0.25) is 0 Å². The molecule has 0 saturated carbocycles. The summed E-state index contributed by atoms with van der Waals surface area (Å²) in [5.41, 5.74) is 0. The summed E-state index contributed by atoms with van der Waals surface area (Å²) in [7, 11) is 1.36. The highest BCUT2D eigenvalue weighted by molar-refractivity contribution is 6.01. The van der Waals surface area contributed by atoms with Crippen LogP contribution < -0.4 is 5.32 Å². The second kappa shape index (κ2) is 5.45. The lowest BCUT2D eigenvalue weighted by Crippen LogP contribution is -2.49. The van der Waals surface area contributed by atoms with Gasteiger partial charge >= 0.3 is 11.9 Å². The van der Waals surface area contributed by atoms with Gasteiger partial charge in [-0.1, -0.05) is 13.8 Å². The molecule has 0 aliphatic carbocycles. The molecule has 0 rings (SSSR count). The van der Waals surface area contributed by atoms with Crippen molar-refractivity contribution in [3.8, 4) is 0 Å². The minimum atomic E-state index is -1.75. The first-order valence-corrected chi connectivity index (χ1v) is 4.49. The lowest BCUT2D eigenvalue weighted by Gasteiger charge is -2.20. The van der Waals surface area contributed by atoms with Gasteiger partial charge in [-0.25, -0.2) is 0 Å². The number of carbonyl (C=O) groups excluding carboxylic acids is 1. The summed E-state index contributed by atoms with van der Waals surface area (Å²) in [4.78, 5) is 32.9. The standard InChI is InChI=1S/C9H15NO5/c1-4(2)7(11)6(10-3)5(8(12)13)9(14)15/h4-6,10H,1-3H3,(H,12,13)(H,14,15). The predicted molar refractivity (Wildman–Crippen MR) is 51.5 cm³/mol. The maximum absolute atomic E-state index is 11.5. The Morgan fingerprint density at radius 1 is 1.07 bits per heavy atom. The van der Waals surface area contributed by atoms with Crippen molar-refractivity contribution in [2.24, 2.45) is 11.8 Å². The summed E-state index contributed by atoms with van der Waals surface area (Å²) in [6.07, 6.45) is 0. The Morgan fingerprint density at radius 3 is 1.67 bits per heavy atom. The first kappa shape index (κ1) is 13.6. The molecule has 0 aromatic carbocycles. The van der Waals surface area contributed by atoms with E-state index in [1.54, 1.807) is 13.8 Å². The molecule has 86 valence electrons. The quantitative estimate of drug-likeness (QED) is 0.522. The van der Waals surface area contributed by atoms with Gasteiger partial charge in [-0.15, -0.1) is 0 Å². The molecule has 1 unspecified atom stereocenters. The van der Waals surface area contributed by atoms with Crippen LogP contribution in [0.3, 0.4) is 0 Å². The summed E-state index contributed by atoms with van der Waals surface area (Å²) < 4.78 is 0. The van der Waals surface area contributed by atoms with E-state index < -0.39 is 35.6 Å². The summed E-state index contributed by atoms with van der Waals surface area (Å²) in [5, 5.41) is 19.8. The molecule has 0 aliphatic heterocycles. The van der Waals surface area contributed by atoms with Gasteiger partial charge in [0.05, 0.1) is 6.04 Å². The molecule has 0 saturated heterocycles. The van der Waals surface area contributed by atoms with Crippen LogP contribution in [0.2, 0.25) is 0 Å². The van der Waals surface area contributed by atoms with Crippen LogP contribution >= 0.6 is 0 Å². The molecule has 0 fully saturated rings. The molecule has 0 amide bonds. The van der Waals surface area contributed by atoms with Crippen LogP contribution in [0.4, 0.5) is 0 Å². The van der Waals surface area contributed by atoms with Crippen molar-refractivity contribution in [3.63, 3.8) is 0 Å².